The predicted molar refractivity (Wildman–Crippen MR) is 108 cm³/mol. The molecule has 0 aliphatic heterocycles. The first-order chi connectivity index (χ1) is 13.8. The number of aliphatic hydroxyl groups is 1. The third-order valence-corrected chi connectivity index (χ3v) is 3.62. The Kier molecular flexibility index (Phi) is 7.20. The van der Waals surface area contributed by atoms with E-state index in [1.54, 1.807) is 18.2 Å². The number of esters is 1. The lowest BCUT2D eigenvalue weighted by molar-refractivity contribution is -0.132. The van der Waals surface area contributed by atoms with Crippen LogP contribution in [0.3, 0.4) is 0 Å². The minimum absolute atomic E-state index is 0.00791. The first kappa shape index (κ1) is 21.3. The molecule has 0 aliphatic rings. The van der Waals surface area contributed by atoms with Crippen LogP contribution in [0.25, 0.3) is 12.2 Å². The number of aliphatic hydroxyl groups excluding tert-OH is 1. The summed E-state index contributed by atoms with van der Waals surface area (Å²) < 4.78 is 9.86. The van der Waals surface area contributed by atoms with Gasteiger partial charge in [-0.25, -0.2) is 0 Å². The quantitative estimate of drug-likeness (QED) is 0.215. The van der Waals surface area contributed by atoms with Gasteiger partial charge in [-0.1, -0.05) is 24.3 Å². The molecule has 0 saturated heterocycles. The van der Waals surface area contributed by atoms with Gasteiger partial charge >= 0.3 is 5.97 Å². The molecule has 0 amide bonds. The molecule has 2 rings (SSSR count). The van der Waals surface area contributed by atoms with Crippen molar-refractivity contribution >= 4 is 23.9 Å². The van der Waals surface area contributed by atoms with Gasteiger partial charge in [0, 0.05) is 13.0 Å². The number of carbonyl (C=O) groups is 2. The Morgan fingerprint density at radius 2 is 1.45 bits per heavy atom. The third kappa shape index (κ3) is 6.59. The first-order valence-corrected chi connectivity index (χ1v) is 8.47. The first-order valence-electron chi connectivity index (χ1n) is 8.47. The standard InChI is InChI=1S/C22H20O7/c1-14(23)29-22-12-16(6-10-20(22)27)4-8-18(25)13-17(24)7-3-15-5-9-19(26)21(11-15)28-2/h3-13,25-27H,1-2H3/b7-3+,8-4+,18-13-. The van der Waals surface area contributed by atoms with Crippen LogP contribution in [0.5, 0.6) is 23.0 Å². The van der Waals surface area contributed by atoms with Crippen LogP contribution in [0.2, 0.25) is 0 Å². The number of methoxy groups -OCH3 is 1. The topological polar surface area (TPSA) is 113 Å². The summed E-state index contributed by atoms with van der Waals surface area (Å²) in [5.74, 6) is -1.24. The maximum Gasteiger partial charge on any atom is 0.308 e. The van der Waals surface area contributed by atoms with E-state index < -0.39 is 11.8 Å². The molecule has 0 spiro atoms. The van der Waals surface area contributed by atoms with E-state index in [0.29, 0.717) is 11.1 Å². The Morgan fingerprint density at radius 3 is 2.03 bits per heavy atom. The van der Waals surface area contributed by atoms with Gasteiger partial charge in [0.25, 0.3) is 0 Å². The summed E-state index contributed by atoms with van der Waals surface area (Å²) in [6.07, 6.45) is 6.58. The second-order valence-electron chi connectivity index (χ2n) is 5.89. The van der Waals surface area contributed by atoms with Crippen molar-refractivity contribution in [2.75, 3.05) is 7.11 Å². The van der Waals surface area contributed by atoms with E-state index >= 15 is 0 Å². The average molecular weight is 396 g/mol. The molecule has 0 aliphatic carbocycles. The number of ether oxygens (including phenoxy) is 2. The number of hydrogen-bond donors (Lipinski definition) is 3. The number of hydrogen-bond acceptors (Lipinski definition) is 7. The smallest absolute Gasteiger partial charge is 0.308 e. The molecular formula is C22H20O7. The fraction of sp³-hybridized carbons (Fsp3) is 0.0909. The monoisotopic (exact) mass is 396 g/mol. The van der Waals surface area contributed by atoms with Crippen molar-refractivity contribution in [3.8, 4) is 23.0 Å². The molecular weight excluding hydrogens is 376 g/mol. The van der Waals surface area contributed by atoms with Crippen molar-refractivity contribution in [1.29, 1.82) is 0 Å². The minimum atomic E-state index is -0.576. The zero-order valence-electron chi connectivity index (χ0n) is 15.8. The van der Waals surface area contributed by atoms with Gasteiger partial charge in [-0.3, -0.25) is 9.59 Å². The fourth-order valence-corrected chi connectivity index (χ4v) is 2.27. The van der Waals surface area contributed by atoms with Crippen molar-refractivity contribution < 1.29 is 34.4 Å². The Balaban J connectivity index is 2.07. The van der Waals surface area contributed by atoms with E-state index in [4.69, 9.17) is 9.47 Å². The number of aromatic hydroxyl groups is 2. The second kappa shape index (κ2) is 9.80. The lowest BCUT2D eigenvalue weighted by Crippen LogP contribution is -2.01. The number of phenols is 2. The number of benzene rings is 2. The molecule has 0 aromatic heterocycles. The van der Waals surface area contributed by atoms with Crippen LogP contribution in [-0.2, 0) is 9.59 Å². The summed E-state index contributed by atoms with van der Waals surface area (Å²) in [6, 6.07) is 8.93. The fourth-order valence-electron chi connectivity index (χ4n) is 2.27. The predicted octanol–water partition coefficient (Wildman–Crippen LogP) is 3.77. The van der Waals surface area contributed by atoms with Crippen molar-refractivity contribution in [2.24, 2.45) is 0 Å². The molecule has 7 nitrogen and oxygen atoms in total. The number of carbonyl (C=O) groups excluding carboxylic acids is 2. The van der Waals surface area contributed by atoms with Gasteiger partial charge in [0.1, 0.15) is 5.76 Å². The second-order valence-corrected chi connectivity index (χ2v) is 5.89. The molecule has 150 valence electrons. The highest BCUT2D eigenvalue weighted by Crippen LogP contribution is 2.28. The van der Waals surface area contributed by atoms with Gasteiger partial charge in [-0.15, -0.1) is 0 Å². The van der Waals surface area contributed by atoms with Crippen LogP contribution in [0.1, 0.15) is 18.1 Å². The van der Waals surface area contributed by atoms with E-state index in [9.17, 15) is 24.9 Å². The third-order valence-electron chi connectivity index (χ3n) is 3.62. The molecule has 2 aromatic rings. The van der Waals surface area contributed by atoms with Gasteiger partial charge in [-0.05, 0) is 47.5 Å². The number of rotatable bonds is 7. The van der Waals surface area contributed by atoms with E-state index in [0.717, 1.165) is 6.08 Å². The van der Waals surface area contributed by atoms with Crippen LogP contribution < -0.4 is 9.47 Å². The van der Waals surface area contributed by atoms with E-state index in [1.807, 2.05) is 0 Å². The Labute approximate surface area is 167 Å². The normalized spacial score (nSPS) is 11.7. The summed E-state index contributed by atoms with van der Waals surface area (Å²) in [5, 5.41) is 29.1. The van der Waals surface area contributed by atoms with Crippen molar-refractivity contribution in [1.82, 2.24) is 0 Å². The van der Waals surface area contributed by atoms with Crippen LogP contribution in [0.4, 0.5) is 0 Å². The molecule has 0 saturated carbocycles. The SMILES string of the molecule is COc1cc(/C=C/C(=O)/C=C(O)/C=C/c2ccc(O)c(OC(C)=O)c2)ccc1O. The Morgan fingerprint density at radius 1 is 0.897 bits per heavy atom. The molecule has 0 unspecified atom stereocenters. The molecule has 0 radical (unpaired) electrons. The van der Waals surface area contributed by atoms with Gasteiger partial charge in [0.2, 0.25) is 0 Å². The van der Waals surface area contributed by atoms with Crippen molar-refractivity contribution in [3.05, 3.63) is 71.5 Å². The highest BCUT2D eigenvalue weighted by atomic mass is 16.5. The lowest BCUT2D eigenvalue weighted by atomic mass is 10.1. The molecule has 0 heterocycles. The molecule has 29 heavy (non-hydrogen) atoms. The van der Waals surface area contributed by atoms with E-state index in [-0.39, 0.29) is 28.8 Å². The van der Waals surface area contributed by atoms with Gasteiger partial charge in [0.15, 0.2) is 28.8 Å². The molecule has 7 heteroatoms. The van der Waals surface area contributed by atoms with Gasteiger partial charge in [0.05, 0.1) is 7.11 Å². The minimum Gasteiger partial charge on any atom is -0.508 e. The zero-order chi connectivity index (χ0) is 21.4. The largest absolute Gasteiger partial charge is 0.508 e. The number of allylic oxidation sites excluding steroid dienone is 3. The molecule has 3 N–H and O–H groups in total. The van der Waals surface area contributed by atoms with Crippen molar-refractivity contribution in [2.45, 2.75) is 6.92 Å². The summed E-state index contributed by atoms with van der Waals surface area (Å²) in [5.41, 5.74) is 1.18. The summed E-state index contributed by atoms with van der Waals surface area (Å²) in [4.78, 5) is 23.0. The zero-order valence-corrected chi connectivity index (χ0v) is 15.8. The van der Waals surface area contributed by atoms with Crippen LogP contribution in [0.15, 0.2) is 60.4 Å². The lowest BCUT2D eigenvalue weighted by Gasteiger charge is -2.04. The van der Waals surface area contributed by atoms with Crippen LogP contribution in [-0.4, -0.2) is 34.2 Å². The summed E-state index contributed by atoms with van der Waals surface area (Å²) in [6.45, 7) is 1.21. The molecule has 0 atom stereocenters. The average Bonchev–Trinajstić information content (AvgIpc) is 2.67. The molecule has 2 aromatic carbocycles. The summed E-state index contributed by atoms with van der Waals surface area (Å²) >= 11 is 0. The Bertz CT molecular complexity index is 1000. The number of phenolic OH excluding ortho intramolecular Hbond substituents is 2. The van der Waals surface area contributed by atoms with E-state index in [1.165, 1.54) is 56.5 Å². The van der Waals surface area contributed by atoms with Gasteiger partial charge < -0.3 is 24.8 Å². The maximum atomic E-state index is 12.0. The highest BCUT2D eigenvalue weighted by molar-refractivity contribution is 6.02. The van der Waals surface area contributed by atoms with Crippen LogP contribution >= 0.6 is 0 Å². The molecule has 0 bridgehead atoms. The van der Waals surface area contributed by atoms with Crippen molar-refractivity contribution in [3.63, 3.8) is 0 Å². The maximum absolute atomic E-state index is 12.0. The summed E-state index contributed by atoms with van der Waals surface area (Å²) in [7, 11) is 1.42. The van der Waals surface area contributed by atoms with E-state index in [2.05, 4.69) is 0 Å². The molecule has 0 fully saturated rings. The highest BCUT2D eigenvalue weighted by Gasteiger charge is 2.05. The Hall–Kier alpha value is -4.00. The van der Waals surface area contributed by atoms with Crippen LogP contribution in [0, 0.1) is 0 Å². The number of ketones is 1. The van der Waals surface area contributed by atoms with Gasteiger partial charge in [-0.2, -0.15) is 0 Å².